The smallest absolute Gasteiger partial charge is 0.410 e. The number of hydrogen-bond donors (Lipinski definition) is 0. The highest BCUT2D eigenvalue weighted by molar-refractivity contribution is 7.90. The van der Waals surface area contributed by atoms with Gasteiger partial charge in [-0.1, -0.05) is 0 Å². The van der Waals surface area contributed by atoms with Gasteiger partial charge in [0, 0.05) is 43.5 Å². The third-order valence-corrected chi connectivity index (χ3v) is 7.25. The first-order chi connectivity index (χ1) is 16.0. The number of carbonyl (C=O) groups is 1. The standard InChI is InChI=1S/C24H29N5O4S/c1-17-14-28(23(30)33-24(2,3)4)11-12-29(17)22-21-6-5-20(13-18(21)7-10-26-22)34(31,32)15-19-8-9-25-16-27-19/h5-10,13,16-17H,11-12,14-15H2,1-4H3. The quantitative estimate of drug-likeness (QED) is 0.556. The van der Waals surface area contributed by atoms with E-state index >= 15 is 0 Å². The molecule has 0 N–H and O–H groups in total. The van der Waals surface area contributed by atoms with Crippen LogP contribution >= 0.6 is 0 Å². The fraction of sp³-hybridized carbons (Fsp3) is 0.417. The van der Waals surface area contributed by atoms with E-state index < -0.39 is 15.4 Å². The molecule has 0 bridgehead atoms. The number of amides is 1. The number of fused-ring (bicyclic) bond motifs is 1. The van der Waals surface area contributed by atoms with Gasteiger partial charge in [-0.2, -0.15) is 0 Å². The molecule has 9 nitrogen and oxygen atoms in total. The van der Waals surface area contributed by atoms with E-state index in [1.165, 1.54) is 12.5 Å². The van der Waals surface area contributed by atoms with Gasteiger partial charge in [-0.15, -0.1) is 0 Å². The summed E-state index contributed by atoms with van der Waals surface area (Å²) in [6.45, 7) is 9.23. The number of sulfone groups is 1. The summed E-state index contributed by atoms with van der Waals surface area (Å²) in [6, 6.07) is 8.52. The Morgan fingerprint density at radius 3 is 2.59 bits per heavy atom. The van der Waals surface area contributed by atoms with Crippen molar-refractivity contribution in [1.82, 2.24) is 19.9 Å². The topological polar surface area (TPSA) is 106 Å². The van der Waals surface area contributed by atoms with Crippen LogP contribution < -0.4 is 4.90 Å². The molecule has 180 valence electrons. The molecule has 3 aromatic rings. The molecule has 1 aliphatic heterocycles. The van der Waals surface area contributed by atoms with E-state index in [0.717, 1.165) is 16.6 Å². The molecule has 0 saturated carbocycles. The van der Waals surface area contributed by atoms with Crippen LogP contribution in [0.5, 0.6) is 0 Å². The summed E-state index contributed by atoms with van der Waals surface area (Å²) >= 11 is 0. The zero-order chi connectivity index (χ0) is 24.5. The molecule has 1 unspecified atom stereocenters. The van der Waals surface area contributed by atoms with Crippen LogP contribution in [0.1, 0.15) is 33.4 Å². The molecule has 1 aromatic carbocycles. The Morgan fingerprint density at radius 2 is 1.91 bits per heavy atom. The van der Waals surface area contributed by atoms with Crippen molar-refractivity contribution in [2.24, 2.45) is 0 Å². The molecule has 10 heteroatoms. The van der Waals surface area contributed by atoms with Gasteiger partial charge in [0.15, 0.2) is 9.84 Å². The van der Waals surface area contributed by atoms with Crippen LogP contribution in [-0.4, -0.2) is 65.6 Å². The van der Waals surface area contributed by atoms with Crippen LogP contribution in [0.15, 0.2) is 53.9 Å². The Bertz CT molecular complexity index is 1290. The Morgan fingerprint density at radius 1 is 1.12 bits per heavy atom. The number of pyridine rings is 1. The minimum Gasteiger partial charge on any atom is -0.444 e. The van der Waals surface area contributed by atoms with Gasteiger partial charge in [0.2, 0.25) is 0 Å². The van der Waals surface area contributed by atoms with Gasteiger partial charge < -0.3 is 14.5 Å². The van der Waals surface area contributed by atoms with Gasteiger partial charge in [-0.05, 0) is 63.4 Å². The maximum absolute atomic E-state index is 12.9. The van der Waals surface area contributed by atoms with Crippen molar-refractivity contribution in [1.29, 1.82) is 0 Å². The van der Waals surface area contributed by atoms with Crippen molar-refractivity contribution >= 4 is 32.5 Å². The Hall–Kier alpha value is -3.27. The largest absolute Gasteiger partial charge is 0.444 e. The lowest BCUT2D eigenvalue weighted by molar-refractivity contribution is 0.0218. The second kappa shape index (κ2) is 9.17. The molecule has 3 heterocycles. The van der Waals surface area contributed by atoms with E-state index in [1.807, 2.05) is 33.8 Å². The van der Waals surface area contributed by atoms with Crippen LogP contribution in [0, 0.1) is 0 Å². The minimum atomic E-state index is -3.57. The van der Waals surface area contributed by atoms with E-state index in [-0.39, 0.29) is 22.8 Å². The summed E-state index contributed by atoms with van der Waals surface area (Å²) in [5.41, 5.74) is -0.0950. The SMILES string of the molecule is CC1CN(C(=O)OC(C)(C)C)CCN1c1nccc2cc(S(=O)(=O)Cc3ccncn3)ccc12. The molecule has 4 rings (SSSR count). The van der Waals surface area contributed by atoms with Crippen LogP contribution in [0.2, 0.25) is 0 Å². The lowest BCUT2D eigenvalue weighted by Gasteiger charge is -2.41. The Kier molecular flexibility index (Phi) is 6.44. The monoisotopic (exact) mass is 483 g/mol. The number of rotatable bonds is 4. The number of piperazine rings is 1. The zero-order valence-electron chi connectivity index (χ0n) is 19.8. The summed E-state index contributed by atoms with van der Waals surface area (Å²) in [6.07, 6.45) is 4.24. The lowest BCUT2D eigenvalue weighted by atomic mass is 10.1. The third-order valence-electron chi connectivity index (χ3n) is 5.61. The average Bonchev–Trinajstić information content (AvgIpc) is 2.77. The van der Waals surface area contributed by atoms with Crippen molar-refractivity contribution < 1.29 is 17.9 Å². The summed E-state index contributed by atoms with van der Waals surface area (Å²) in [5, 5.41) is 1.65. The van der Waals surface area contributed by atoms with Gasteiger partial charge in [-0.25, -0.2) is 28.2 Å². The molecule has 1 aliphatic rings. The number of aromatic nitrogens is 3. The lowest BCUT2D eigenvalue weighted by Crippen LogP contribution is -2.54. The van der Waals surface area contributed by atoms with Crippen LogP contribution in [-0.2, 0) is 20.3 Å². The molecule has 2 aromatic heterocycles. The molecule has 0 aliphatic carbocycles. The minimum absolute atomic E-state index is 0.0144. The van der Waals surface area contributed by atoms with Crippen molar-refractivity contribution in [3.8, 4) is 0 Å². The predicted molar refractivity (Wildman–Crippen MR) is 129 cm³/mol. The molecule has 34 heavy (non-hydrogen) atoms. The van der Waals surface area contributed by atoms with Gasteiger partial charge in [0.25, 0.3) is 0 Å². The fourth-order valence-electron chi connectivity index (χ4n) is 4.01. The number of hydrogen-bond acceptors (Lipinski definition) is 8. The maximum atomic E-state index is 12.9. The van der Waals surface area contributed by atoms with Crippen LogP contribution in [0.25, 0.3) is 10.8 Å². The molecular formula is C24H29N5O4S. The molecule has 1 atom stereocenters. The highest BCUT2D eigenvalue weighted by Crippen LogP contribution is 2.30. The molecular weight excluding hydrogens is 454 g/mol. The zero-order valence-corrected chi connectivity index (χ0v) is 20.6. The van der Waals surface area contributed by atoms with E-state index in [1.54, 1.807) is 35.4 Å². The molecule has 0 radical (unpaired) electrons. The van der Waals surface area contributed by atoms with E-state index in [2.05, 4.69) is 19.9 Å². The average molecular weight is 484 g/mol. The summed E-state index contributed by atoms with van der Waals surface area (Å²) < 4.78 is 31.4. The first-order valence-electron chi connectivity index (χ1n) is 11.1. The molecule has 1 saturated heterocycles. The Balaban J connectivity index is 1.56. The number of nitrogens with zero attached hydrogens (tertiary/aromatic N) is 5. The first kappa shape index (κ1) is 23.9. The summed E-state index contributed by atoms with van der Waals surface area (Å²) in [7, 11) is -3.57. The molecule has 0 spiro atoms. The van der Waals surface area contributed by atoms with Gasteiger partial charge in [-0.3, -0.25) is 0 Å². The van der Waals surface area contributed by atoms with Crippen molar-refractivity contribution in [2.45, 2.75) is 50.0 Å². The van der Waals surface area contributed by atoms with E-state index in [0.29, 0.717) is 25.3 Å². The Labute approximate surface area is 199 Å². The van der Waals surface area contributed by atoms with Crippen LogP contribution in [0.4, 0.5) is 10.6 Å². The number of benzene rings is 1. The summed E-state index contributed by atoms with van der Waals surface area (Å²) in [4.78, 5) is 29.0. The third kappa shape index (κ3) is 5.27. The second-order valence-corrected chi connectivity index (χ2v) is 11.4. The predicted octanol–water partition coefficient (Wildman–Crippen LogP) is 3.44. The summed E-state index contributed by atoms with van der Waals surface area (Å²) in [5.74, 6) is 0.580. The first-order valence-corrected chi connectivity index (χ1v) is 12.8. The number of ether oxygens (including phenoxy) is 1. The van der Waals surface area contributed by atoms with E-state index in [9.17, 15) is 13.2 Å². The number of anilines is 1. The van der Waals surface area contributed by atoms with Gasteiger partial charge in [0.05, 0.1) is 16.3 Å². The van der Waals surface area contributed by atoms with Crippen molar-refractivity contribution in [3.63, 3.8) is 0 Å². The number of carbonyl (C=O) groups excluding carboxylic acids is 1. The highest BCUT2D eigenvalue weighted by atomic mass is 32.2. The molecule has 1 fully saturated rings. The van der Waals surface area contributed by atoms with Gasteiger partial charge >= 0.3 is 6.09 Å². The fourth-order valence-corrected chi connectivity index (χ4v) is 5.32. The van der Waals surface area contributed by atoms with Crippen molar-refractivity contribution in [2.75, 3.05) is 24.5 Å². The van der Waals surface area contributed by atoms with Crippen molar-refractivity contribution in [3.05, 3.63) is 54.7 Å². The highest BCUT2D eigenvalue weighted by Gasteiger charge is 2.31. The van der Waals surface area contributed by atoms with Crippen LogP contribution in [0.3, 0.4) is 0 Å². The van der Waals surface area contributed by atoms with E-state index in [4.69, 9.17) is 4.74 Å². The second-order valence-electron chi connectivity index (χ2n) is 9.45. The maximum Gasteiger partial charge on any atom is 0.410 e. The van der Waals surface area contributed by atoms with Gasteiger partial charge in [0.1, 0.15) is 17.7 Å². The normalized spacial score (nSPS) is 17.1. The molecule has 1 amide bonds.